The lowest BCUT2D eigenvalue weighted by Crippen LogP contribution is -2.29. The van der Waals surface area contributed by atoms with Crippen molar-refractivity contribution in [3.8, 4) is 11.5 Å². The summed E-state index contributed by atoms with van der Waals surface area (Å²) in [6.07, 6.45) is 3.39. The molecule has 108 valence electrons. The van der Waals surface area contributed by atoms with Crippen LogP contribution in [0, 0.1) is 5.92 Å². The van der Waals surface area contributed by atoms with Gasteiger partial charge in [0.15, 0.2) is 0 Å². The molecule has 1 aromatic rings. The van der Waals surface area contributed by atoms with E-state index in [-0.39, 0.29) is 6.04 Å². The number of hydrogen-bond donors (Lipinski definition) is 2. The van der Waals surface area contributed by atoms with E-state index >= 15 is 0 Å². The van der Waals surface area contributed by atoms with E-state index in [2.05, 4.69) is 19.3 Å². The predicted molar refractivity (Wildman–Crippen MR) is 78.3 cm³/mol. The van der Waals surface area contributed by atoms with Gasteiger partial charge in [-0.25, -0.2) is 0 Å². The van der Waals surface area contributed by atoms with Gasteiger partial charge in [0.05, 0.1) is 14.2 Å². The minimum absolute atomic E-state index is 0.0995. The van der Waals surface area contributed by atoms with Crippen LogP contribution in [0.3, 0.4) is 0 Å². The van der Waals surface area contributed by atoms with E-state index < -0.39 is 0 Å². The fourth-order valence-electron chi connectivity index (χ4n) is 2.40. The molecule has 2 atom stereocenters. The number of benzene rings is 1. The van der Waals surface area contributed by atoms with Gasteiger partial charge in [-0.2, -0.15) is 0 Å². The van der Waals surface area contributed by atoms with Gasteiger partial charge in [0.1, 0.15) is 11.5 Å². The van der Waals surface area contributed by atoms with Gasteiger partial charge in [-0.1, -0.05) is 32.8 Å². The summed E-state index contributed by atoms with van der Waals surface area (Å²) in [4.78, 5) is 0. The SMILES string of the molecule is CCCC(C)CC(NN)c1ccc(OC)cc1OC. The fraction of sp³-hybridized carbons (Fsp3) is 0.600. The number of nitrogens with one attached hydrogen (secondary N) is 1. The number of hydrazine groups is 1. The predicted octanol–water partition coefficient (Wildman–Crippen LogP) is 3.03. The van der Waals surface area contributed by atoms with E-state index in [1.165, 1.54) is 12.8 Å². The Morgan fingerprint density at radius 2 is 2.00 bits per heavy atom. The van der Waals surface area contributed by atoms with Crippen molar-refractivity contribution in [3.63, 3.8) is 0 Å². The molecule has 0 spiro atoms. The molecule has 0 bridgehead atoms. The Kier molecular flexibility index (Phi) is 6.67. The van der Waals surface area contributed by atoms with Gasteiger partial charge >= 0.3 is 0 Å². The molecule has 19 heavy (non-hydrogen) atoms. The van der Waals surface area contributed by atoms with Gasteiger partial charge < -0.3 is 9.47 Å². The van der Waals surface area contributed by atoms with Crippen molar-refractivity contribution in [3.05, 3.63) is 23.8 Å². The molecule has 0 radical (unpaired) electrons. The largest absolute Gasteiger partial charge is 0.497 e. The van der Waals surface area contributed by atoms with Gasteiger partial charge in [0, 0.05) is 17.7 Å². The summed E-state index contributed by atoms with van der Waals surface area (Å²) >= 11 is 0. The second-order valence-electron chi connectivity index (χ2n) is 4.96. The first-order valence-corrected chi connectivity index (χ1v) is 6.84. The second kappa shape index (κ2) is 8.02. The van der Waals surface area contributed by atoms with Crippen LogP contribution in [-0.4, -0.2) is 14.2 Å². The molecule has 0 amide bonds. The van der Waals surface area contributed by atoms with Crippen LogP contribution in [-0.2, 0) is 0 Å². The molecule has 0 saturated heterocycles. The third kappa shape index (κ3) is 4.40. The maximum Gasteiger partial charge on any atom is 0.127 e. The van der Waals surface area contributed by atoms with Gasteiger partial charge in [-0.15, -0.1) is 0 Å². The first kappa shape index (κ1) is 15.8. The third-order valence-corrected chi connectivity index (χ3v) is 3.44. The highest BCUT2D eigenvalue weighted by Gasteiger charge is 2.18. The molecule has 4 heteroatoms. The van der Waals surface area contributed by atoms with E-state index in [1.807, 2.05) is 18.2 Å². The number of hydrogen-bond acceptors (Lipinski definition) is 4. The maximum atomic E-state index is 5.71. The summed E-state index contributed by atoms with van der Waals surface area (Å²) in [7, 11) is 3.32. The molecular weight excluding hydrogens is 240 g/mol. The first-order valence-electron chi connectivity index (χ1n) is 6.84. The molecule has 0 fully saturated rings. The van der Waals surface area contributed by atoms with Crippen LogP contribution >= 0.6 is 0 Å². The van der Waals surface area contributed by atoms with Crippen LogP contribution in [0.1, 0.15) is 44.7 Å². The standard InChI is InChI=1S/C15H26N2O2/c1-5-6-11(2)9-14(17-16)13-8-7-12(18-3)10-15(13)19-4/h7-8,10-11,14,17H,5-6,9,16H2,1-4H3. The zero-order valence-corrected chi connectivity index (χ0v) is 12.4. The lowest BCUT2D eigenvalue weighted by Gasteiger charge is -2.22. The van der Waals surface area contributed by atoms with Crippen molar-refractivity contribution >= 4 is 0 Å². The van der Waals surface area contributed by atoms with Crippen LogP contribution in [0.5, 0.6) is 11.5 Å². The van der Waals surface area contributed by atoms with Crippen LogP contribution in [0.4, 0.5) is 0 Å². The molecule has 1 rings (SSSR count). The Morgan fingerprint density at radius 1 is 1.26 bits per heavy atom. The van der Waals surface area contributed by atoms with E-state index in [1.54, 1.807) is 14.2 Å². The molecule has 1 aromatic carbocycles. The summed E-state index contributed by atoms with van der Waals surface area (Å²) in [5, 5.41) is 0. The van der Waals surface area contributed by atoms with Crippen molar-refractivity contribution < 1.29 is 9.47 Å². The van der Waals surface area contributed by atoms with E-state index in [0.717, 1.165) is 23.5 Å². The van der Waals surface area contributed by atoms with Crippen molar-refractivity contribution in [2.75, 3.05) is 14.2 Å². The van der Waals surface area contributed by atoms with Crippen molar-refractivity contribution in [1.29, 1.82) is 0 Å². The summed E-state index contributed by atoms with van der Waals surface area (Å²) in [5.41, 5.74) is 3.98. The zero-order chi connectivity index (χ0) is 14.3. The highest BCUT2D eigenvalue weighted by Crippen LogP contribution is 2.32. The summed E-state index contributed by atoms with van der Waals surface area (Å²) in [6.45, 7) is 4.46. The molecule has 0 heterocycles. The number of methoxy groups -OCH3 is 2. The number of nitrogens with two attached hydrogens (primary N) is 1. The molecule has 2 unspecified atom stereocenters. The zero-order valence-electron chi connectivity index (χ0n) is 12.4. The van der Waals surface area contributed by atoms with Crippen LogP contribution < -0.4 is 20.7 Å². The molecule has 0 saturated carbocycles. The smallest absolute Gasteiger partial charge is 0.127 e. The van der Waals surface area contributed by atoms with E-state index in [9.17, 15) is 0 Å². The van der Waals surface area contributed by atoms with Gasteiger partial charge in [-0.3, -0.25) is 11.3 Å². The Morgan fingerprint density at radius 3 is 2.53 bits per heavy atom. The molecule has 0 aliphatic heterocycles. The molecular formula is C15H26N2O2. The lowest BCUT2D eigenvalue weighted by molar-refractivity contribution is 0.362. The Balaban J connectivity index is 2.90. The monoisotopic (exact) mass is 266 g/mol. The van der Waals surface area contributed by atoms with Gasteiger partial charge in [0.25, 0.3) is 0 Å². The number of rotatable bonds is 8. The summed E-state index contributed by atoms with van der Waals surface area (Å²) in [5.74, 6) is 7.93. The topological polar surface area (TPSA) is 56.5 Å². The molecule has 0 aliphatic rings. The summed E-state index contributed by atoms with van der Waals surface area (Å²) in [6, 6.07) is 5.94. The minimum Gasteiger partial charge on any atom is -0.497 e. The van der Waals surface area contributed by atoms with E-state index in [0.29, 0.717) is 5.92 Å². The van der Waals surface area contributed by atoms with Crippen LogP contribution in [0.15, 0.2) is 18.2 Å². The Labute approximate surface area is 116 Å². The quantitative estimate of drug-likeness (QED) is 0.561. The lowest BCUT2D eigenvalue weighted by atomic mass is 9.93. The molecule has 0 aliphatic carbocycles. The van der Waals surface area contributed by atoms with E-state index in [4.69, 9.17) is 15.3 Å². The average Bonchev–Trinajstić information content (AvgIpc) is 2.44. The third-order valence-electron chi connectivity index (χ3n) is 3.44. The summed E-state index contributed by atoms with van der Waals surface area (Å²) < 4.78 is 10.6. The number of ether oxygens (including phenoxy) is 2. The van der Waals surface area contributed by atoms with Crippen molar-refractivity contribution in [2.45, 2.75) is 39.2 Å². The second-order valence-corrected chi connectivity index (χ2v) is 4.96. The Hall–Kier alpha value is -1.26. The van der Waals surface area contributed by atoms with Gasteiger partial charge in [-0.05, 0) is 18.4 Å². The normalized spacial score (nSPS) is 13.9. The fourth-order valence-corrected chi connectivity index (χ4v) is 2.40. The first-order chi connectivity index (χ1) is 9.15. The van der Waals surface area contributed by atoms with Gasteiger partial charge in [0.2, 0.25) is 0 Å². The minimum atomic E-state index is 0.0995. The molecule has 3 N–H and O–H groups in total. The molecule has 0 aromatic heterocycles. The Bertz CT molecular complexity index is 382. The highest BCUT2D eigenvalue weighted by atomic mass is 16.5. The van der Waals surface area contributed by atoms with Crippen LogP contribution in [0.25, 0.3) is 0 Å². The highest BCUT2D eigenvalue weighted by molar-refractivity contribution is 5.42. The van der Waals surface area contributed by atoms with Crippen molar-refractivity contribution in [2.24, 2.45) is 11.8 Å². The molecule has 4 nitrogen and oxygen atoms in total. The van der Waals surface area contributed by atoms with Crippen LogP contribution in [0.2, 0.25) is 0 Å². The maximum absolute atomic E-state index is 5.71. The van der Waals surface area contributed by atoms with Crippen molar-refractivity contribution in [1.82, 2.24) is 5.43 Å². The average molecular weight is 266 g/mol.